The molecule has 0 N–H and O–H groups in total. The van der Waals surface area contributed by atoms with E-state index in [1.807, 2.05) is 33.4 Å². The van der Waals surface area contributed by atoms with Crippen molar-refractivity contribution in [1.82, 2.24) is 0 Å². The number of hydrogen-bond donors (Lipinski definition) is 0. The molecule has 1 saturated carbocycles. The Kier molecular flexibility index (Phi) is 2.51. The molecule has 0 aliphatic heterocycles. The van der Waals surface area contributed by atoms with E-state index in [0.717, 1.165) is 35.5 Å². The Morgan fingerprint density at radius 3 is 0.625 bits per heavy atom. The molecule has 0 nitrogen and oxygen atoms in total. The molecule has 1 fully saturated rings. The summed E-state index contributed by atoms with van der Waals surface area (Å²) in [5.41, 5.74) is 12.0. The largest absolute Gasteiger partial charge is 0.0663 e. The fraction of sp³-hybridized carbons (Fsp3) is 0.750. The normalized spacial score (nSPS) is 48.0. The van der Waals surface area contributed by atoms with Gasteiger partial charge in [-0.15, -0.1) is 0 Å². The first-order valence-electron chi connectivity index (χ1n) is 11.1. The first-order valence-corrected chi connectivity index (χ1v) is 11.1. The maximum atomic E-state index is 2.00. The summed E-state index contributed by atoms with van der Waals surface area (Å²) in [4.78, 5) is 0. The monoisotopic (exact) mass is 318 g/mol. The average molecular weight is 319 g/mol. The smallest absolute Gasteiger partial charge is 0.00570 e. The molecule has 126 valence electrons. The highest BCUT2D eigenvalue weighted by atomic mass is 14.7. The third-order valence-corrected chi connectivity index (χ3v) is 9.40. The van der Waals surface area contributed by atoms with Crippen LogP contribution in [0.1, 0.15) is 77.0 Å². The molecule has 0 unspecified atom stereocenters. The lowest BCUT2D eigenvalue weighted by molar-refractivity contribution is -0.00550. The lowest BCUT2D eigenvalue weighted by Gasteiger charge is -2.70. The van der Waals surface area contributed by atoms with Gasteiger partial charge < -0.3 is 0 Å². The third kappa shape index (κ3) is 1.35. The van der Waals surface area contributed by atoms with Crippen molar-refractivity contribution in [2.45, 2.75) is 77.0 Å². The van der Waals surface area contributed by atoms with Crippen molar-refractivity contribution < 1.29 is 0 Å². The minimum absolute atomic E-state index is 1.03. The minimum Gasteiger partial charge on any atom is -0.0663 e. The molecule has 0 heteroatoms. The second kappa shape index (κ2) is 4.49. The Morgan fingerprint density at radius 2 is 0.458 bits per heavy atom. The fourth-order valence-corrected chi connectivity index (χ4v) is 8.79. The first-order chi connectivity index (χ1) is 11.9. The van der Waals surface area contributed by atoms with Crippen molar-refractivity contribution in [3.05, 3.63) is 33.4 Å². The minimum atomic E-state index is 1.03. The SMILES string of the molecule is C1CCC2=C(C1)C1C3C4=C(CCCC4)C3C3C4=C(CCCC4)C3C21. The van der Waals surface area contributed by atoms with Crippen molar-refractivity contribution in [1.29, 1.82) is 0 Å². The van der Waals surface area contributed by atoms with Gasteiger partial charge in [-0.05, 0) is 113 Å². The van der Waals surface area contributed by atoms with E-state index in [1.54, 1.807) is 0 Å². The summed E-state index contributed by atoms with van der Waals surface area (Å²) in [5, 5.41) is 0. The quantitative estimate of drug-likeness (QED) is 0.456. The van der Waals surface area contributed by atoms with Gasteiger partial charge in [0.05, 0.1) is 0 Å². The Bertz CT molecular complexity index is 557. The van der Waals surface area contributed by atoms with Gasteiger partial charge in [0.2, 0.25) is 0 Å². The maximum absolute atomic E-state index is 2.00. The van der Waals surface area contributed by atoms with E-state index >= 15 is 0 Å². The summed E-state index contributed by atoms with van der Waals surface area (Å²) in [6.07, 6.45) is 17.8. The van der Waals surface area contributed by atoms with E-state index in [4.69, 9.17) is 0 Å². The molecule has 0 aromatic heterocycles. The van der Waals surface area contributed by atoms with Crippen LogP contribution < -0.4 is 0 Å². The molecular formula is C24H30. The van der Waals surface area contributed by atoms with E-state index in [9.17, 15) is 0 Å². The number of fused-ring (bicyclic) bond motifs is 12. The van der Waals surface area contributed by atoms with Gasteiger partial charge in [-0.3, -0.25) is 0 Å². The maximum Gasteiger partial charge on any atom is -0.00570 e. The van der Waals surface area contributed by atoms with Crippen LogP contribution in [-0.2, 0) is 0 Å². The molecule has 0 atom stereocenters. The van der Waals surface area contributed by atoms with Gasteiger partial charge in [-0.1, -0.05) is 33.4 Å². The molecule has 7 aliphatic rings. The van der Waals surface area contributed by atoms with Crippen molar-refractivity contribution >= 4 is 0 Å². The van der Waals surface area contributed by atoms with Crippen LogP contribution in [0, 0.1) is 35.5 Å². The molecule has 0 bridgehead atoms. The number of rotatable bonds is 0. The lowest BCUT2D eigenvalue weighted by Crippen LogP contribution is -2.62. The Hall–Kier alpha value is -0.780. The Labute approximate surface area is 146 Å². The lowest BCUT2D eigenvalue weighted by atomic mass is 9.34. The summed E-state index contributed by atoms with van der Waals surface area (Å²) < 4.78 is 0. The summed E-state index contributed by atoms with van der Waals surface area (Å²) in [6.45, 7) is 0. The molecule has 0 aromatic rings. The molecular weight excluding hydrogens is 288 g/mol. The van der Waals surface area contributed by atoms with Crippen LogP contribution in [0.5, 0.6) is 0 Å². The topological polar surface area (TPSA) is 0 Å². The Morgan fingerprint density at radius 1 is 0.292 bits per heavy atom. The highest BCUT2D eigenvalue weighted by Crippen LogP contribution is 2.75. The van der Waals surface area contributed by atoms with Crippen LogP contribution >= 0.6 is 0 Å². The summed E-state index contributed by atoms with van der Waals surface area (Å²) in [5.74, 6) is 6.16. The number of hydrogen-bond acceptors (Lipinski definition) is 0. The third-order valence-electron chi connectivity index (χ3n) is 9.40. The fourth-order valence-electron chi connectivity index (χ4n) is 8.79. The van der Waals surface area contributed by atoms with Crippen molar-refractivity contribution in [2.24, 2.45) is 35.5 Å². The summed E-state index contributed by atoms with van der Waals surface area (Å²) in [6, 6.07) is 0. The van der Waals surface area contributed by atoms with E-state index in [0.29, 0.717) is 0 Å². The first kappa shape index (κ1) is 13.4. The zero-order valence-corrected chi connectivity index (χ0v) is 14.9. The average Bonchev–Trinajstić information content (AvgIpc) is 2.62. The second-order valence-electron chi connectivity index (χ2n) is 9.93. The summed E-state index contributed by atoms with van der Waals surface area (Å²) in [7, 11) is 0. The second-order valence-corrected chi connectivity index (χ2v) is 9.93. The van der Waals surface area contributed by atoms with E-state index in [1.165, 1.54) is 77.0 Å². The molecule has 0 amide bonds. The van der Waals surface area contributed by atoms with Crippen LogP contribution in [0.3, 0.4) is 0 Å². The van der Waals surface area contributed by atoms with Gasteiger partial charge in [0.15, 0.2) is 0 Å². The molecule has 0 radical (unpaired) electrons. The highest BCUT2D eigenvalue weighted by molar-refractivity contribution is 5.54. The van der Waals surface area contributed by atoms with Crippen LogP contribution in [-0.4, -0.2) is 0 Å². The predicted octanol–water partition coefficient (Wildman–Crippen LogP) is 6.35. The van der Waals surface area contributed by atoms with Crippen molar-refractivity contribution in [2.75, 3.05) is 0 Å². The van der Waals surface area contributed by atoms with Gasteiger partial charge in [-0.2, -0.15) is 0 Å². The van der Waals surface area contributed by atoms with Crippen molar-refractivity contribution in [3.8, 4) is 0 Å². The van der Waals surface area contributed by atoms with Crippen LogP contribution in [0.4, 0.5) is 0 Å². The Balaban J connectivity index is 1.39. The molecule has 0 heterocycles. The van der Waals surface area contributed by atoms with Gasteiger partial charge in [0, 0.05) is 0 Å². The predicted molar refractivity (Wildman–Crippen MR) is 97.4 cm³/mol. The zero-order chi connectivity index (χ0) is 15.4. The zero-order valence-electron chi connectivity index (χ0n) is 14.9. The molecule has 0 spiro atoms. The van der Waals surface area contributed by atoms with Crippen molar-refractivity contribution in [3.63, 3.8) is 0 Å². The van der Waals surface area contributed by atoms with Gasteiger partial charge >= 0.3 is 0 Å². The van der Waals surface area contributed by atoms with E-state index in [-0.39, 0.29) is 0 Å². The van der Waals surface area contributed by atoms with Gasteiger partial charge in [-0.25, -0.2) is 0 Å². The molecule has 0 saturated heterocycles. The van der Waals surface area contributed by atoms with Crippen LogP contribution in [0.15, 0.2) is 33.4 Å². The molecule has 0 aromatic carbocycles. The molecule has 24 heavy (non-hydrogen) atoms. The molecule has 7 rings (SSSR count). The van der Waals surface area contributed by atoms with Gasteiger partial charge in [0.25, 0.3) is 0 Å². The van der Waals surface area contributed by atoms with Crippen LogP contribution in [0.25, 0.3) is 0 Å². The van der Waals surface area contributed by atoms with E-state index in [2.05, 4.69) is 0 Å². The van der Waals surface area contributed by atoms with E-state index < -0.39 is 0 Å². The standard InChI is InChI=1S/C24H30/c1-2-8-14-13(7-1)19-20(14)22-17-11-5-6-12-18(17)24(22)23-16-10-4-3-9-15(16)21(19)23/h19-24H,1-12H2. The highest BCUT2D eigenvalue weighted by Gasteiger charge is 2.66. The summed E-state index contributed by atoms with van der Waals surface area (Å²) >= 11 is 0. The van der Waals surface area contributed by atoms with Gasteiger partial charge in [0.1, 0.15) is 0 Å². The number of allylic oxidation sites excluding steroid dienone is 6. The van der Waals surface area contributed by atoms with Crippen LogP contribution in [0.2, 0.25) is 0 Å². The molecule has 7 aliphatic carbocycles.